The molecule has 1 fully saturated rings. The number of carbonyl (C=O) groups is 3. The van der Waals surface area contributed by atoms with Crippen LogP contribution in [0.3, 0.4) is 0 Å². The second kappa shape index (κ2) is 18.0. The molecule has 0 aromatic heterocycles. The molecule has 4 aliphatic rings. The molecular formula is C43H58N4O12. The first-order valence-corrected chi connectivity index (χ1v) is 19.8. The zero-order valence-electron chi connectivity index (χ0n) is 35.3. The highest BCUT2D eigenvalue weighted by atomic mass is 16.7. The minimum absolute atomic E-state index is 0.0559. The van der Waals surface area contributed by atoms with E-state index in [1.807, 2.05) is 7.05 Å². The lowest BCUT2D eigenvalue weighted by Crippen LogP contribution is -2.46. The number of esters is 1. The van der Waals surface area contributed by atoms with Gasteiger partial charge in [-0.2, -0.15) is 5.10 Å². The summed E-state index contributed by atoms with van der Waals surface area (Å²) in [5.74, 6) is -8.34. The minimum atomic E-state index is -2.04. The van der Waals surface area contributed by atoms with Gasteiger partial charge in [-0.1, -0.05) is 45.9 Å². The largest absolute Gasteiger partial charge is 0.507 e. The Morgan fingerprint density at radius 2 is 1.61 bits per heavy atom. The predicted molar refractivity (Wildman–Crippen MR) is 220 cm³/mol. The highest BCUT2D eigenvalue weighted by Crippen LogP contribution is 2.55. The highest BCUT2D eigenvalue weighted by Gasteiger charge is 2.50. The van der Waals surface area contributed by atoms with Crippen LogP contribution >= 0.6 is 0 Å². The summed E-state index contributed by atoms with van der Waals surface area (Å²) in [7, 11) is 3.42. The molecule has 0 saturated carbocycles. The maximum Gasteiger partial charge on any atom is 0.312 e. The van der Waals surface area contributed by atoms with E-state index < -0.39 is 88.8 Å². The Morgan fingerprint density at radius 1 is 0.949 bits per heavy atom. The number of aromatic hydroxyl groups is 3. The van der Waals surface area contributed by atoms with Crippen molar-refractivity contribution in [1.29, 1.82) is 0 Å². The number of piperazine rings is 1. The SMILES string of the molecule is CO[C@H]1/C=C/O[C@@]2(C)Oc3c(C)c(O)c4c(O)c(c(/C=N/N5CCN(C)CC5)c(O)c4c3C2=O)NC(=O)C(C)=CC=C[C@H](C)[C@H](O)[C@@H](C)[C@@H](O)[C@@H](C)[C@H](OC(C)=O)[C@@H]1C. The van der Waals surface area contributed by atoms with Crippen molar-refractivity contribution in [1.82, 2.24) is 9.91 Å². The molecule has 0 spiro atoms. The number of ketones is 1. The maximum atomic E-state index is 14.4. The van der Waals surface area contributed by atoms with Gasteiger partial charge >= 0.3 is 11.8 Å². The number of Topliss-reactive ketones (excluding diaryl/α,β-unsaturated/α-hetero) is 1. The van der Waals surface area contributed by atoms with E-state index in [0.717, 1.165) is 13.1 Å². The fraction of sp³-hybridized carbons (Fsp3) is 0.535. The van der Waals surface area contributed by atoms with Crippen molar-refractivity contribution in [2.75, 3.05) is 45.7 Å². The number of carbonyl (C=O) groups excluding carboxylic acids is 3. The van der Waals surface area contributed by atoms with Crippen molar-refractivity contribution in [2.45, 2.75) is 85.6 Å². The topological polar surface area (TPSA) is 220 Å². The van der Waals surface area contributed by atoms with Crippen LogP contribution in [0.25, 0.3) is 10.8 Å². The second-order valence-corrected chi connectivity index (χ2v) is 16.1. The second-order valence-electron chi connectivity index (χ2n) is 16.1. The Labute approximate surface area is 344 Å². The minimum Gasteiger partial charge on any atom is -0.507 e. The molecule has 0 radical (unpaired) electrons. The van der Waals surface area contributed by atoms with Gasteiger partial charge < -0.3 is 54.7 Å². The summed E-state index contributed by atoms with van der Waals surface area (Å²) in [4.78, 5) is 42.6. The first kappa shape index (κ1) is 44.9. The monoisotopic (exact) mass is 822 g/mol. The normalized spacial score (nSPS) is 30.6. The summed E-state index contributed by atoms with van der Waals surface area (Å²) >= 11 is 0. The number of amides is 1. The molecule has 0 aliphatic carbocycles. The number of fused-ring (bicyclic) bond motifs is 14. The third kappa shape index (κ3) is 8.91. The summed E-state index contributed by atoms with van der Waals surface area (Å²) in [5.41, 5.74) is -0.350. The molecule has 59 heavy (non-hydrogen) atoms. The number of hydrogen-bond acceptors (Lipinski definition) is 15. The summed E-state index contributed by atoms with van der Waals surface area (Å²) in [6, 6.07) is 0. The predicted octanol–water partition coefficient (Wildman–Crippen LogP) is 4.34. The lowest BCUT2D eigenvalue weighted by Gasteiger charge is -2.38. The van der Waals surface area contributed by atoms with E-state index in [4.69, 9.17) is 18.9 Å². The number of phenolic OH excluding ortho intramolecular Hbond substituents is 3. The van der Waals surface area contributed by atoms with Gasteiger partial charge in [-0.05, 0) is 27.0 Å². The lowest BCUT2D eigenvalue weighted by atomic mass is 9.78. The molecule has 322 valence electrons. The smallest absolute Gasteiger partial charge is 0.312 e. The molecule has 1 amide bonds. The number of likely N-dealkylation sites (N-methyl/N-ethyl adjacent to an activating group) is 1. The number of hydrazone groups is 1. The number of phenols is 3. The fourth-order valence-corrected chi connectivity index (χ4v) is 7.92. The van der Waals surface area contributed by atoms with Crippen molar-refractivity contribution in [3.05, 3.63) is 52.8 Å². The molecule has 16 heteroatoms. The summed E-state index contributed by atoms with van der Waals surface area (Å²) < 4.78 is 23.6. The number of aliphatic hydroxyl groups excluding tert-OH is 2. The molecule has 4 aliphatic heterocycles. The molecule has 16 nitrogen and oxygen atoms in total. The van der Waals surface area contributed by atoms with Crippen LogP contribution in [0.4, 0.5) is 5.69 Å². The van der Waals surface area contributed by atoms with E-state index in [2.05, 4.69) is 15.3 Å². The van der Waals surface area contributed by atoms with E-state index >= 15 is 0 Å². The molecule has 6 rings (SSSR count). The number of ether oxygens (including phenoxy) is 4. The van der Waals surface area contributed by atoms with Gasteiger partial charge in [0.2, 0.25) is 0 Å². The standard InChI is InChI=1S/C43H58N4O12/c1-21-12-11-13-22(2)42(55)45-33-28(20-44-47-17-15-46(9)16-18-47)37(52)30-31(38(33)53)36(51)26(6)40-32(30)41(54)43(8,59-40)57-19-14-29(56-10)23(3)39(58-27(7)48)25(5)35(50)24(4)34(21)49/h11-14,19-21,23-25,29,34-35,39,49-53H,15-18H2,1-10H3,(H,45,55)/b12-11?,19-14+,22-13?,44-20+/t21-,23+,24+,25+,29-,34-,35+,39+,43-/m0/s1. The molecule has 2 aromatic carbocycles. The van der Waals surface area contributed by atoms with Crippen molar-refractivity contribution >= 4 is 40.3 Å². The zero-order valence-corrected chi connectivity index (χ0v) is 35.3. The Hall–Kier alpha value is -5.16. The first-order valence-electron chi connectivity index (χ1n) is 19.8. The van der Waals surface area contributed by atoms with Crippen LogP contribution < -0.4 is 10.1 Å². The summed E-state index contributed by atoms with van der Waals surface area (Å²) in [5, 5.41) is 66.8. The molecular weight excluding hydrogens is 764 g/mol. The quantitative estimate of drug-likeness (QED) is 0.109. The zero-order chi connectivity index (χ0) is 43.7. The van der Waals surface area contributed by atoms with Gasteiger partial charge in [-0.25, -0.2) is 0 Å². The van der Waals surface area contributed by atoms with Crippen molar-refractivity contribution in [2.24, 2.45) is 28.8 Å². The van der Waals surface area contributed by atoms with E-state index in [-0.39, 0.29) is 44.5 Å². The number of aliphatic hydroxyl groups is 2. The Morgan fingerprint density at radius 3 is 2.24 bits per heavy atom. The van der Waals surface area contributed by atoms with Gasteiger partial charge in [0.15, 0.2) is 5.75 Å². The molecule has 4 heterocycles. The molecule has 9 atom stereocenters. The van der Waals surface area contributed by atoms with Crippen LogP contribution in [0.15, 0.2) is 41.2 Å². The number of nitrogens with one attached hydrogen (secondary N) is 1. The van der Waals surface area contributed by atoms with E-state index in [1.54, 1.807) is 44.9 Å². The number of hydrogen-bond donors (Lipinski definition) is 6. The first-order chi connectivity index (χ1) is 27.7. The van der Waals surface area contributed by atoms with E-state index in [9.17, 15) is 39.9 Å². The highest BCUT2D eigenvalue weighted by molar-refractivity contribution is 6.23. The van der Waals surface area contributed by atoms with Crippen LogP contribution in [0.2, 0.25) is 0 Å². The lowest BCUT2D eigenvalue weighted by molar-refractivity contribution is -0.160. The summed E-state index contributed by atoms with van der Waals surface area (Å²) in [6.45, 7) is 15.1. The van der Waals surface area contributed by atoms with Crippen molar-refractivity contribution < 1.29 is 58.9 Å². The van der Waals surface area contributed by atoms with E-state index in [1.165, 1.54) is 59.4 Å². The number of nitrogens with zero attached hydrogens (tertiary/aromatic N) is 3. The Balaban J connectivity index is 1.70. The van der Waals surface area contributed by atoms with Gasteiger partial charge in [-0.3, -0.25) is 19.4 Å². The van der Waals surface area contributed by atoms with Crippen molar-refractivity contribution in [3.8, 4) is 23.0 Å². The fourth-order valence-electron chi connectivity index (χ4n) is 7.92. The van der Waals surface area contributed by atoms with Crippen LogP contribution in [0.5, 0.6) is 23.0 Å². The molecule has 2 aromatic rings. The third-order valence-electron chi connectivity index (χ3n) is 11.9. The number of anilines is 1. The molecule has 1 saturated heterocycles. The van der Waals surface area contributed by atoms with Gasteiger partial charge in [0.25, 0.3) is 11.7 Å². The molecule has 5 bridgehead atoms. The van der Waals surface area contributed by atoms with Crippen LogP contribution in [-0.2, 0) is 23.8 Å². The van der Waals surface area contributed by atoms with Gasteiger partial charge in [0.05, 0.1) is 53.0 Å². The summed E-state index contributed by atoms with van der Waals surface area (Å²) in [6.07, 6.45) is 4.86. The van der Waals surface area contributed by atoms with Crippen LogP contribution in [-0.4, -0.2) is 130 Å². The van der Waals surface area contributed by atoms with Gasteiger partial charge in [0.1, 0.15) is 23.4 Å². The number of methoxy groups -OCH3 is 1. The van der Waals surface area contributed by atoms with Crippen LogP contribution in [0, 0.1) is 30.6 Å². The van der Waals surface area contributed by atoms with Crippen molar-refractivity contribution in [3.63, 3.8) is 0 Å². The van der Waals surface area contributed by atoms with Gasteiger partial charge in [-0.15, -0.1) is 0 Å². The molecule has 0 unspecified atom stereocenters. The maximum absolute atomic E-state index is 14.4. The van der Waals surface area contributed by atoms with E-state index in [0.29, 0.717) is 13.1 Å². The number of benzene rings is 2. The van der Waals surface area contributed by atoms with Gasteiger partial charge in [0, 0.05) is 87.3 Å². The average molecular weight is 823 g/mol. The number of allylic oxidation sites excluding steroid dienone is 2. The third-order valence-corrected chi connectivity index (χ3v) is 11.9. The number of rotatable bonds is 4. The Bertz CT molecular complexity index is 2070. The Kier molecular flexibility index (Phi) is 13.7. The van der Waals surface area contributed by atoms with Crippen LogP contribution in [0.1, 0.15) is 70.0 Å². The average Bonchev–Trinajstić information content (AvgIpc) is 3.46. The molecule has 6 N–H and O–H groups in total.